The number of thioether (sulfide) groups is 4. The summed E-state index contributed by atoms with van der Waals surface area (Å²) in [6, 6.07) is 0. The van der Waals surface area contributed by atoms with Crippen molar-refractivity contribution < 1.29 is 9.90 Å². The van der Waals surface area contributed by atoms with Crippen LogP contribution in [0.4, 0.5) is 0 Å². The van der Waals surface area contributed by atoms with Gasteiger partial charge in [0.05, 0.1) is 4.58 Å². The first-order chi connectivity index (χ1) is 7.78. The Labute approximate surface area is 113 Å². The van der Waals surface area contributed by atoms with Crippen LogP contribution in [0, 0.1) is 0 Å². The predicted molar refractivity (Wildman–Crippen MR) is 77.7 cm³/mol. The van der Waals surface area contributed by atoms with Gasteiger partial charge in [-0.1, -0.05) is 0 Å². The van der Waals surface area contributed by atoms with Crippen LogP contribution in [0.2, 0.25) is 0 Å². The minimum atomic E-state index is -0.597. The molecule has 0 spiro atoms. The maximum absolute atomic E-state index is 11.3. The molecule has 2 aliphatic heterocycles. The molecule has 0 aromatic carbocycles. The lowest BCUT2D eigenvalue weighted by molar-refractivity contribution is -0.109. The third kappa shape index (κ3) is 2.88. The SMILES string of the molecule is O=CC1([C@@H](O)C2SCCCS2)SCCCS1. The summed E-state index contributed by atoms with van der Waals surface area (Å²) in [5, 5.41) is 10.4. The Hall–Kier alpha value is 1.03. The number of aldehydes is 1. The van der Waals surface area contributed by atoms with Crippen LogP contribution in [0.25, 0.3) is 0 Å². The Bertz CT molecular complexity index is 237. The summed E-state index contributed by atoms with van der Waals surface area (Å²) in [6.45, 7) is 0. The molecule has 0 aromatic rings. The van der Waals surface area contributed by atoms with Crippen molar-refractivity contribution in [1.82, 2.24) is 0 Å². The molecule has 2 aliphatic rings. The van der Waals surface area contributed by atoms with E-state index in [1.54, 1.807) is 47.0 Å². The van der Waals surface area contributed by atoms with Crippen LogP contribution in [0.5, 0.6) is 0 Å². The summed E-state index contributed by atoms with van der Waals surface area (Å²) < 4.78 is -0.419. The summed E-state index contributed by atoms with van der Waals surface area (Å²) >= 11 is 6.87. The average Bonchev–Trinajstić information content (AvgIpc) is 2.39. The van der Waals surface area contributed by atoms with Crippen LogP contribution in [-0.2, 0) is 4.79 Å². The van der Waals surface area contributed by atoms with E-state index in [1.165, 1.54) is 6.42 Å². The smallest absolute Gasteiger partial charge is 0.148 e. The van der Waals surface area contributed by atoms with Gasteiger partial charge in [0.15, 0.2) is 0 Å². The number of rotatable bonds is 3. The van der Waals surface area contributed by atoms with Crippen molar-refractivity contribution >= 4 is 53.3 Å². The summed E-state index contributed by atoms with van der Waals surface area (Å²) in [5.74, 6) is 4.20. The molecule has 2 fully saturated rings. The van der Waals surface area contributed by atoms with E-state index in [2.05, 4.69) is 0 Å². The van der Waals surface area contributed by atoms with Crippen LogP contribution >= 0.6 is 47.0 Å². The van der Waals surface area contributed by atoms with Crippen molar-refractivity contribution in [3.63, 3.8) is 0 Å². The van der Waals surface area contributed by atoms with Crippen molar-refractivity contribution in [2.24, 2.45) is 0 Å². The molecule has 2 nitrogen and oxygen atoms in total. The Balaban J connectivity index is 2.03. The molecule has 0 aliphatic carbocycles. The second-order valence-corrected chi connectivity index (χ2v) is 9.60. The summed E-state index contributed by atoms with van der Waals surface area (Å²) in [6.07, 6.45) is 2.81. The molecular weight excluding hydrogens is 280 g/mol. The molecule has 0 saturated carbocycles. The highest BCUT2D eigenvalue weighted by Crippen LogP contribution is 2.48. The lowest BCUT2D eigenvalue weighted by Gasteiger charge is -2.39. The number of hydrogen-bond donors (Lipinski definition) is 1. The first-order valence-electron chi connectivity index (χ1n) is 5.44. The quantitative estimate of drug-likeness (QED) is 0.806. The molecule has 0 radical (unpaired) electrons. The number of carbonyl (C=O) groups excluding carboxylic acids is 1. The maximum Gasteiger partial charge on any atom is 0.148 e. The van der Waals surface area contributed by atoms with Crippen LogP contribution in [0.3, 0.4) is 0 Å². The lowest BCUT2D eigenvalue weighted by atomic mass is 10.3. The Morgan fingerprint density at radius 2 is 1.69 bits per heavy atom. The van der Waals surface area contributed by atoms with Crippen molar-refractivity contribution in [2.75, 3.05) is 23.0 Å². The second kappa shape index (κ2) is 6.27. The molecule has 2 saturated heterocycles. The van der Waals surface area contributed by atoms with Crippen LogP contribution < -0.4 is 0 Å². The zero-order valence-electron chi connectivity index (χ0n) is 8.96. The summed E-state index contributed by atoms with van der Waals surface area (Å²) in [7, 11) is 0. The molecule has 6 heteroatoms. The van der Waals surface area contributed by atoms with Gasteiger partial charge in [-0.3, -0.25) is 0 Å². The van der Waals surface area contributed by atoms with Crippen LogP contribution in [-0.4, -0.2) is 49.2 Å². The molecule has 0 amide bonds. The van der Waals surface area contributed by atoms with Gasteiger partial charge in [-0.2, -0.15) is 0 Å². The Morgan fingerprint density at radius 1 is 1.12 bits per heavy atom. The molecular formula is C10H16O2S4. The lowest BCUT2D eigenvalue weighted by Crippen LogP contribution is -2.45. The first-order valence-corrected chi connectivity index (χ1v) is 9.51. The largest absolute Gasteiger partial charge is 0.388 e. The van der Waals surface area contributed by atoms with Gasteiger partial charge in [0.25, 0.3) is 0 Å². The van der Waals surface area contributed by atoms with Gasteiger partial charge in [-0.25, -0.2) is 0 Å². The van der Waals surface area contributed by atoms with Crippen molar-refractivity contribution in [3.05, 3.63) is 0 Å². The molecule has 0 aromatic heterocycles. The topological polar surface area (TPSA) is 37.3 Å². The minimum Gasteiger partial charge on any atom is -0.388 e. The van der Waals surface area contributed by atoms with E-state index in [9.17, 15) is 9.90 Å². The maximum atomic E-state index is 11.3. The molecule has 0 bridgehead atoms. The average molecular weight is 297 g/mol. The zero-order chi connectivity index (χ0) is 11.4. The fourth-order valence-electron chi connectivity index (χ4n) is 1.75. The Kier molecular flexibility index (Phi) is 5.28. The number of aliphatic hydroxyl groups excluding tert-OH is 1. The number of aliphatic hydroxyl groups is 1. The molecule has 1 atom stereocenters. The van der Waals surface area contributed by atoms with Gasteiger partial charge in [0.2, 0.25) is 0 Å². The zero-order valence-corrected chi connectivity index (χ0v) is 12.2. The molecule has 16 heavy (non-hydrogen) atoms. The van der Waals surface area contributed by atoms with Crippen LogP contribution in [0.15, 0.2) is 0 Å². The van der Waals surface area contributed by atoms with Gasteiger partial charge in [-0.05, 0) is 35.9 Å². The van der Waals surface area contributed by atoms with E-state index in [0.29, 0.717) is 0 Å². The number of carbonyl (C=O) groups is 1. The molecule has 0 unspecified atom stereocenters. The normalized spacial score (nSPS) is 28.6. The fraction of sp³-hybridized carbons (Fsp3) is 0.900. The first kappa shape index (κ1) is 13.5. The number of hydrogen-bond acceptors (Lipinski definition) is 6. The van der Waals surface area contributed by atoms with E-state index < -0.39 is 10.2 Å². The highest BCUT2D eigenvalue weighted by Gasteiger charge is 2.45. The summed E-state index contributed by atoms with van der Waals surface area (Å²) in [4.78, 5) is 11.3. The van der Waals surface area contributed by atoms with Gasteiger partial charge in [0, 0.05) is 0 Å². The van der Waals surface area contributed by atoms with Gasteiger partial charge >= 0.3 is 0 Å². The van der Waals surface area contributed by atoms with E-state index in [4.69, 9.17) is 0 Å². The van der Waals surface area contributed by atoms with E-state index in [0.717, 1.165) is 35.7 Å². The highest BCUT2D eigenvalue weighted by atomic mass is 32.2. The molecule has 92 valence electrons. The van der Waals surface area contributed by atoms with Crippen molar-refractivity contribution in [2.45, 2.75) is 27.6 Å². The van der Waals surface area contributed by atoms with Crippen molar-refractivity contribution in [1.29, 1.82) is 0 Å². The fourth-order valence-corrected chi connectivity index (χ4v) is 8.10. The predicted octanol–water partition coefficient (Wildman–Crippen LogP) is 2.31. The van der Waals surface area contributed by atoms with Crippen molar-refractivity contribution in [3.8, 4) is 0 Å². The molecule has 2 heterocycles. The van der Waals surface area contributed by atoms with Gasteiger partial charge in [-0.15, -0.1) is 47.0 Å². The molecule has 2 rings (SSSR count). The monoisotopic (exact) mass is 296 g/mol. The van der Waals surface area contributed by atoms with E-state index in [1.807, 2.05) is 0 Å². The molecule has 1 N–H and O–H groups in total. The second-order valence-electron chi connectivity index (χ2n) is 3.80. The summed E-state index contributed by atoms with van der Waals surface area (Å²) in [5.41, 5.74) is 0. The van der Waals surface area contributed by atoms with Gasteiger partial charge in [0.1, 0.15) is 16.5 Å². The van der Waals surface area contributed by atoms with E-state index >= 15 is 0 Å². The van der Waals surface area contributed by atoms with E-state index in [-0.39, 0.29) is 4.58 Å². The third-order valence-corrected chi connectivity index (χ3v) is 8.94. The standard InChI is InChI=1S/C10H16O2S4/c11-7-10(15-5-2-6-16-10)8(12)9-13-3-1-4-14-9/h7-9,12H,1-6H2/t8-/m0/s1. The van der Waals surface area contributed by atoms with Gasteiger partial charge < -0.3 is 9.90 Å². The minimum absolute atomic E-state index is 0.178. The van der Waals surface area contributed by atoms with Crippen LogP contribution in [0.1, 0.15) is 12.8 Å². The highest BCUT2D eigenvalue weighted by molar-refractivity contribution is 8.20. The Morgan fingerprint density at radius 3 is 2.25 bits per heavy atom. The third-order valence-electron chi connectivity index (χ3n) is 2.63.